The fourth-order valence-electron chi connectivity index (χ4n) is 2.98. The molecule has 4 nitrogen and oxygen atoms in total. The van der Waals surface area contributed by atoms with E-state index in [1.807, 2.05) is 30.9 Å². The normalized spacial score (nSPS) is 15.7. The second-order valence-corrected chi connectivity index (χ2v) is 5.73. The first-order valence-corrected chi connectivity index (χ1v) is 8.79. The number of rotatable bonds is 5. The maximum absolute atomic E-state index is 12.0. The monoisotopic (exact) mass is 330 g/mol. The van der Waals surface area contributed by atoms with Crippen molar-refractivity contribution in [2.75, 3.05) is 11.5 Å². The van der Waals surface area contributed by atoms with Gasteiger partial charge in [0.05, 0.1) is 12.3 Å². The van der Waals surface area contributed by atoms with E-state index >= 15 is 0 Å². The van der Waals surface area contributed by atoms with Crippen LogP contribution in [0.25, 0.3) is 5.57 Å². The number of nitrogens with zero attached hydrogens (tertiary/aromatic N) is 1. The first kappa shape index (κ1) is 19.9. The Labute approximate surface area is 146 Å². The predicted octanol–water partition coefficient (Wildman–Crippen LogP) is 4.85. The van der Waals surface area contributed by atoms with Crippen molar-refractivity contribution in [1.29, 1.82) is 5.41 Å². The van der Waals surface area contributed by atoms with E-state index in [9.17, 15) is 4.79 Å². The van der Waals surface area contributed by atoms with E-state index in [-0.39, 0.29) is 11.9 Å². The van der Waals surface area contributed by atoms with Gasteiger partial charge in [0.2, 0.25) is 5.91 Å². The fourth-order valence-corrected chi connectivity index (χ4v) is 2.98. The Hall–Kier alpha value is -2.10. The average molecular weight is 330 g/mol. The van der Waals surface area contributed by atoms with Crippen LogP contribution >= 0.6 is 0 Å². The van der Waals surface area contributed by atoms with Gasteiger partial charge >= 0.3 is 0 Å². The lowest BCUT2D eigenvalue weighted by molar-refractivity contribution is -0.117. The molecule has 0 aliphatic carbocycles. The summed E-state index contributed by atoms with van der Waals surface area (Å²) in [6.07, 6.45) is 3.94. The molecule has 132 valence electrons. The number of benzene rings is 1. The van der Waals surface area contributed by atoms with E-state index in [4.69, 9.17) is 10.1 Å². The number of hydrogen-bond donors (Lipinski definition) is 1. The van der Waals surface area contributed by atoms with Gasteiger partial charge in [0.15, 0.2) is 0 Å². The summed E-state index contributed by atoms with van der Waals surface area (Å²) in [7, 11) is 0. The lowest BCUT2D eigenvalue weighted by Gasteiger charge is -2.36. The summed E-state index contributed by atoms with van der Waals surface area (Å²) in [5.74, 6) is 0.833. The molecule has 0 fully saturated rings. The first-order valence-electron chi connectivity index (χ1n) is 8.79. The summed E-state index contributed by atoms with van der Waals surface area (Å²) in [6.45, 7) is 14.3. The zero-order valence-electron chi connectivity index (χ0n) is 15.6. The molecule has 1 unspecified atom stereocenters. The Morgan fingerprint density at radius 2 is 2.12 bits per heavy atom. The molecule has 24 heavy (non-hydrogen) atoms. The van der Waals surface area contributed by atoms with E-state index in [1.165, 1.54) is 6.21 Å². The first-order chi connectivity index (χ1) is 11.5. The van der Waals surface area contributed by atoms with Gasteiger partial charge < -0.3 is 15.0 Å². The van der Waals surface area contributed by atoms with Crippen molar-refractivity contribution in [2.24, 2.45) is 0 Å². The number of carbonyl (C=O) groups excluding carboxylic acids is 1. The van der Waals surface area contributed by atoms with Crippen molar-refractivity contribution in [1.82, 2.24) is 0 Å². The molecular weight excluding hydrogens is 300 g/mol. The summed E-state index contributed by atoms with van der Waals surface area (Å²) in [6, 6.07) is 4.06. The Morgan fingerprint density at radius 1 is 1.46 bits per heavy atom. The van der Waals surface area contributed by atoms with Crippen LogP contribution in [0.3, 0.4) is 0 Å². The van der Waals surface area contributed by atoms with Gasteiger partial charge in [-0.3, -0.25) is 4.79 Å². The molecule has 0 spiro atoms. The highest BCUT2D eigenvalue weighted by Crippen LogP contribution is 2.40. The quantitative estimate of drug-likeness (QED) is 0.784. The molecule has 0 radical (unpaired) electrons. The van der Waals surface area contributed by atoms with Crippen LogP contribution in [-0.4, -0.2) is 24.8 Å². The van der Waals surface area contributed by atoms with Gasteiger partial charge in [-0.05, 0) is 43.9 Å². The van der Waals surface area contributed by atoms with Crippen LogP contribution in [0.5, 0.6) is 5.75 Å². The van der Waals surface area contributed by atoms with Crippen molar-refractivity contribution in [3.05, 3.63) is 29.8 Å². The summed E-state index contributed by atoms with van der Waals surface area (Å²) in [4.78, 5) is 13.8. The highest BCUT2D eigenvalue weighted by Gasteiger charge is 2.29. The lowest BCUT2D eigenvalue weighted by Crippen LogP contribution is -2.40. The zero-order chi connectivity index (χ0) is 18.3. The molecule has 1 atom stereocenters. The van der Waals surface area contributed by atoms with Crippen LogP contribution < -0.4 is 9.64 Å². The largest absolute Gasteiger partial charge is 0.493 e. The van der Waals surface area contributed by atoms with Crippen LogP contribution in [0.4, 0.5) is 5.69 Å². The third kappa shape index (κ3) is 4.05. The van der Waals surface area contributed by atoms with Crippen LogP contribution in [-0.2, 0) is 11.2 Å². The number of ether oxygens (including phenoxy) is 1. The van der Waals surface area contributed by atoms with E-state index in [0.29, 0.717) is 12.2 Å². The highest BCUT2D eigenvalue weighted by atomic mass is 16.5. The minimum absolute atomic E-state index is 0.0496. The van der Waals surface area contributed by atoms with Crippen molar-refractivity contribution in [3.8, 4) is 5.75 Å². The van der Waals surface area contributed by atoms with Gasteiger partial charge in [0.1, 0.15) is 5.75 Å². The van der Waals surface area contributed by atoms with Crippen LogP contribution in [0.2, 0.25) is 0 Å². The lowest BCUT2D eigenvalue weighted by atomic mass is 9.92. The minimum Gasteiger partial charge on any atom is -0.493 e. The molecule has 0 bridgehead atoms. The number of hydrogen-bond acceptors (Lipinski definition) is 3. The van der Waals surface area contributed by atoms with E-state index in [0.717, 1.165) is 41.8 Å². The predicted molar refractivity (Wildman–Crippen MR) is 102 cm³/mol. The van der Waals surface area contributed by atoms with Crippen LogP contribution in [0, 0.1) is 5.41 Å². The smallest absolute Gasteiger partial charge is 0.224 e. The number of nitrogens with one attached hydrogen (secondary N) is 1. The van der Waals surface area contributed by atoms with Crippen LogP contribution in [0.15, 0.2) is 18.7 Å². The Morgan fingerprint density at radius 3 is 2.67 bits per heavy atom. The third-order valence-corrected chi connectivity index (χ3v) is 4.06. The second kappa shape index (κ2) is 9.26. The van der Waals surface area contributed by atoms with Crippen molar-refractivity contribution in [3.63, 3.8) is 0 Å². The summed E-state index contributed by atoms with van der Waals surface area (Å²) in [5, 5.41) is 7.46. The number of fused-ring (bicyclic) bond motifs is 1. The Balaban J connectivity index is 0.00000139. The highest BCUT2D eigenvalue weighted by molar-refractivity contribution is 6.09. The average Bonchev–Trinajstić information content (AvgIpc) is 2.59. The molecule has 1 aromatic carbocycles. The maximum Gasteiger partial charge on any atom is 0.224 e. The molecule has 1 heterocycles. The SMILES string of the molecule is C=C(C=N)c1ccc2c(c1OCCC)CCC(C)N2C(C)=O.CC. The van der Waals surface area contributed by atoms with Crippen molar-refractivity contribution < 1.29 is 9.53 Å². The molecular formula is C20H30N2O2. The van der Waals surface area contributed by atoms with E-state index in [1.54, 1.807) is 6.92 Å². The summed E-state index contributed by atoms with van der Waals surface area (Å²) >= 11 is 0. The number of amides is 1. The summed E-state index contributed by atoms with van der Waals surface area (Å²) < 4.78 is 5.97. The molecule has 1 amide bonds. The van der Waals surface area contributed by atoms with Gasteiger partial charge in [0.25, 0.3) is 0 Å². The Bertz CT molecular complexity index is 608. The Kier molecular flexibility index (Phi) is 7.69. The van der Waals surface area contributed by atoms with Gasteiger partial charge in [0, 0.05) is 30.3 Å². The third-order valence-electron chi connectivity index (χ3n) is 4.06. The topological polar surface area (TPSA) is 53.4 Å². The molecule has 0 aromatic heterocycles. The van der Waals surface area contributed by atoms with Gasteiger partial charge in [-0.15, -0.1) is 0 Å². The van der Waals surface area contributed by atoms with Gasteiger partial charge in [-0.2, -0.15) is 0 Å². The maximum atomic E-state index is 12.0. The molecule has 1 aliphatic heterocycles. The zero-order valence-corrected chi connectivity index (χ0v) is 15.6. The molecule has 0 saturated heterocycles. The number of allylic oxidation sites excluding steroid dienone is 1. The van der Waals surface area contributed by atoms with Crippen LogP contribution in [0.1, 0.15) is 58.6 Å². The second-order valence-electron chi connectivity index (χ2n) is 5.73. The fraction of sp³-hybridized carbons (Fsp3) is 0.500. The van der Waals surface area contributed by atoms with Gasteiger partial charge in [-0.1, -0.05) is 27.4 Å². The molecule has 2 rings (SSSR count). The summed E-state index contributed by atoms with van der Waals surface area (Å²) in [5.41, 5.74) is 3.46. The molecule has 1 aliphatic rings. The van der Waals surface area contributed by atoms with Gasteiger partial charge in [-0.25, -0.2) is 0 Å². The van der Waals surface area contributed by atoms with E-state index < -0.39 is 0 Å². The van der Waals surface area contributed by atoms with E-state index in [2.05, 4.69) is 20.4 Å². The minimum atomic E-state index is 0.0496. The van der Waals surface area contributed by atoms with Crippen molar-refractivity contribution in [2.45, 2.75) is 59.9 Å². The standard InChI is InChI=1S/C18H24N2O2.C2H6/c1-5-10-22-18-15(12(2)11-19)8-9-17-16(18)7-6-13(3)20(17)14(4)21;1-2/h8-9,11,13,19H,2,5-7,10H2,1,3-4H3;1-2H3. The molecule has 4 heteroatoms. The van der Waals surface area contributed by atoms with Crippen molar-refractivity contribution >= 4 is 23.4 Å². The molecule has 1 aromatic rings. The number of carbonyl (C=O) groups is 1. The molecule has 0 saturated carbocycles. The molecule has 1 N–H and O–H groups in total. The number of anilines is 1.